The summed E-state index contributed by atoms with van der Waals surface area (Å²) in [7, 11) is 0. The Labute approximate surface area is 178 Å². The number of nitrogens with one attached hydrogen (secondary N) is 2. The molecule has 0 spiro atoms. The van der Waals surface area contributed by atoms with Crippen molar-refractivity contribution in [3.8, 4) is 10.4 Å². The number of H-pyrrole nitrogens is 1. The first kappa shape index (κ1) is 19.6. The zero-order valence-corrected chi connectivity index (χ0v) is 18.8. The second-order valence-corrected chi connectivity index (χ2v) is 11.0. The van der Waals surface area contributed by atoms with E-state index in [2.05, 4.69) is 34.3 Å². The minimum atomic E-state index is -0.0892. The molecule has 0 fully saturated rings. The fourth-order valence-corrected chi connectivity index (χ4v) is 6.33. The first-order chi connectivity index (χ1) is 13.5. The average Bonchev–Trinajstić information content (AvgIpc) is 3.40. The maximum Gasteiger partial charge on any atom is 0.260 e. The van der Waals surface area contributed by atoms with Gasteiger partial charge in [-0.25, -0.2) is 4.98 Å². The summed E-state index contributed by atoms with van der Waals surface area (Å²) in [5.41, 5.74) is 0.870. The molecule has 6 nitrogen and oxygen atoms in total. The van der Waals surface area contributed by atoms with Gasteiger partial charge in [-0.2, -0.15) is 0 Å². The van der Waals surface area contributed by atoms with Crippen LogP contribution < -0.4 is 10.9 Å². The molecule has 0 bridgehead atoms. The fourth-order valence-electron chi connectivity index (χ4n) is 2.60. The molecule has 1 unspecified atom stereocenters. The lowest BCUT2D eigenvalue weighted by atomic mass is 10.2. The smallest absolute Gasteiger partial charge is 0.260 e. The van der Waals surface area contributed by atoms with E-state index in [1.165, 1.54) is 22.7 Å². The van der Waals surface area contributed by atoms with Gasteiger partial charge in [0.15, 0.2) is 4.34 Å². The first-order valence-electron chi connectivity index (χ1n) is 8.80. The molecule has 0 radical (unpaired) electrons. The molecule has 4 aromatic heterocycles. The van der Waals surface area contributed by atoms with E-state index >= 15 is 0 Å². The molecule has 10 heteroatoms. The summed E-state index contributed by atoms with van der Waals surface area (Å²) in [5.74, 6) is 1.21. The van der Waals surface area contributed by atoms with Crippen molar-refractivity contribution in [1.29, 1.82) is 0 Å². The number of nitrogens with zero attached hydrogens (tertiary/aromatic N) is 3. The van der Waals surface area contributed by atoms with E-state index in [9.17, 15) is 4.79 Å². The van der Waals surface area contributed by atoms with Gasteiger partial charge in [0.1, 0.15) is 10.7 Å². The Morgan fingerprint density at radius 2 is 2.11 bits per heavy atom. The average molecular weight is 450 g/mol. The molecule has 0 saturated heterocycles. The molecule has 146 valence electrons. The second kappa shape index (κ2) is 8.32. The van der Waals surface area contributed by atoms with Gasteiger partial charge in [-0.15, -0.1) is 32.9 Å². The molecule has 0 aliphatic rings. The number of thioether (sulfide) groups is 1. The Morgan fingerprint density at radius 1 is 1.25 bits per heavy atom. The third-order valence-electron chi connectivity index (χ3n) is 3.98. The van der Waals surface area contributed by atoms with Crippen molar-refractivity contribution in [2.75, 3.05) is 11.9 Å². The van der Waals surface area contributed by atoms with Crippen LogP contribution in [0, 0.1) is 5.92 Å². The SMILES string of the molecule is CC(C)CNc1nnc(SC(C)c2nc3scc(-c4cccs4)c3c(=O)[nH]2)s1. The molecule has 0 aromatic carbocycles. The van der Waals surface area contributed by atoms with Crippen LogP contribution in [0.25, 0.3) is 20.7 Å². The number of rotatable bonds is 7. The summed E-state index contributed by atoms with van der Waals surface area (Å²) in [5, 5.41) is 17.2. The van der Waals surface area contributed by atoms with Gasteiger partial charge >= 0.3 is 0 Å². The van der Waals surface area contributed by atoms with Gasteiger partial charge < -0.3 is 10.3 Å². The van der Waals surface area contributed by atoms with Gasteiger partial charge in [-0.3, -0.25) is 4.79 Å². The third-order valence-corrected chi connectivity index (χ3v) is 7.83. The highest BCUT2D eigenvalue weighted by Gasteiger charge is 2.18. The summed E-state index contributed by atoms with van der Waals surface area (Å²) in [4.78, 5) is 22.3. The molecule has 2 N–H and O–H groups in total. The molecule has 4 rings (SSSR count). The van der Waals surface area contributed by atoms with Crippen LogP contribution in [0.5, 0.6) is 0 Å². The van der Waals surface area contributed by atoms with Crippen LogP contribution in [0.4, 0.5) is 5.13 Å². The van der Waals surface area contributed by atoms with Crippen LogP contribution in [0.3, 0.4) is 0 Å². The van der Waals surface area contributed by atoms with Crippen LogP contribution >= 0.6 is 45.8 Å². The van der Waals surface area contributed by atoms with Crippen molar-refractivity contribution in [3.63, 3.8) is 0 Å². The topological polar surface area (TPSA) is 83.6 Å². The summed E-state index contributed by atoms with van der Waals surface area (Å²) < 4.78 is 0.854. The van der Waals surface area contributed by atoms with Gasteiger partial charge in [0.2, 0.25) is 5.13 Å². The van der Waals surface area contributed by atoms with E-state index in [1.54, 1.807) is 23.1 Å². The number of hydrogen-bond donors (Lipinski definition) is 2. The lowest BCUT2D eigenvalue weighted by Crippen LogP contribution is -2.12. The monoisotopic (exact) mass is 449 g/mol. The number of aromatic amines is 1. The lowest BCUT2D eigenvalue weighted by molar-refractivity contribution is 0.687. The van der Waals surface area contributed by atoms with E-state index in [4.69, 9.17) is 4.98 Å². The molecule has 0 aliphatic heterocycles. The van der Waals surface area contributed by atoms with Crippen molar-refractivity contribution in [3.05, 3.63) is 39.1 Å². The van der Waals surface area contributed by atoms with Crippen LogP contribution in [-0.2, 0) is 0 Å². The molecule has 1 atom stereocenters. The van der Waals surface area contributed by atoms with E-state index in [1.807, 2.05) is 29.8 Å². The quantitative estimate of drug-likeness (QED) is 0.363. The minimum absolute atomic E-state index is 0.0321. The Kier molecular flexibility index (Phi) is 5.81. The van der Waals surface area contributed by atoms with Gasteiger partial charge in [0, 0.05) is 22.4 Å². The lowest BCUT2D eigenvalue weighted by Gasteiger charge is -2.08. The second-order valence-electron chi connectivity index (χ2n) is 6.67. The zero-order chi connectivity index (χ0) is 19.7. The molecule has 28 heavy (non-hydrogen) atoms. The van der Waals surface area contributed by atoms with Crippen molar-refractivity contribution < 1.29 is 0 Å². The Morgan fingerprint density at radius 3 is 2.86 bits per heavy atom. The normalized spacial score (nSPS) is 12.7. The minimum Gasteiger partial charge on any atom is -0.360 e. The highest BCUT2D eigenvalue weighted by Crippen LogP contribution is 2.38. The number of hydrogen-bond acceptors (Lipinski definition) is 9. The van der Waals surface area contributed by atoms with E-state index in [-0.39, 0.29) is 10.8 Å². The number of thiophene rings is 2. The van der Waals surface area contributed by atoms with Crippen LogP contribution in [0.2, 0.25) is 0 Å². The van der Waals surface area contributed by atoms with Gasteiger partial charge in [-0.1, -0.05) is 43.0 Å². The summed E-state index contributed by atoms with van der Waals surface area (Å²) in [6.07, 6.45) is 0. The summed E-state index contributed by atoms with van der Waals surface area (Å²) in [6.45, 7) is 7.19. The Balaban J connectivity index is 1.55. The van der Waals surface area contributed by atoms with E-state index in [0.29, 0.717) is 17.1 Å². The molecule has 0 saturated carbocycles. The van der Waals surface area contributed by atoms with Gasteiger partial charge in [0.05, 0.1) is 10.6 Å². The number of aromatic nitrogens is 4. The zero-order valence-electron chi connectivity index (χ0n) is 15.6. The van der Waals surface area contributed by atoms with Crippen molar-refractivity contribution in [2.24, 2.45) is 5.92 Å². The van der Waals surface area contributed by atoms with Crippen molar-refractivity contribution >= 4 is 61.1 Å². The van der Waals surface area contributed by atoms with Crippen LogP contribution in [0.1, 0.15) is 31.8 Å². The van der Waals surface area contributed by atoms with Crippen LogP contribution in [0.15, 0.2) is 32.0 Å². The predicted molar refractivity (Wildman–Crippen MR) is 121 cm³/mol. The largest absolute Gasteiger partial charge is 0.360 e. The molecule has 0 amide bonds. The number of fused-ring (bicyclic) bond motifs is 1. The van der Waals surface area contributed by atoms with Gasteiger partial charge in [-0.05, 0) is 24.3 Å². The Bertz CT molecular complexity index is 1130. The molecule has 4 heterocycles. The fraction of sp³-hybridized carbons (Fsp3) is 0.333. The summed E-state index contributed by atoms with van der Waals surface area (Å²) >= 11 is 6.21. The summed E-state index contributed by atoms with van der Waals surface area (Å²) in [6, 6.07) is 4.02. The molecular weight excluding hydrogens is 431 g/mol. The standard InChI is InChI=1S/C18H19N5OS4/c1-9(2)7-19-17-22-23-18(28-17)27-10(3)14-20-15(24)13-11(8-26-16(13)21-14)12-5-4-6-25-12/h4-6,8-10H,7H2,1-3H3,(H,19,22)(H,20,21,24). The predicted octanol–water partition coefficient (Wildman–Crippen LogP) is 5.49. The number of anilines is 1. The van der Waals surface area contributed by atoms with E-state index < -0.39 is 0 Å². The van der Waals surface area contributed by atoms with E-state index in [0.717, 1.165) is 31.3 Å². The van der Waals surface area contributed by atoms with Gasteiger partial charge in [0.25, 0.3) is 5.56 Å². The molecule has 4 aromatic rings. The Hall–Kier alpha value is -1.75. The third kappa shape index (κ3) is 4.14. The molecular formula is C18H19N5OS4. The van der Waals surface area contributed by atoms with Crippen LogP contribution in [-0.4, -0.2) is 26.7 Å². The highest BCUT2D eigenvalue weighted by molar-refractivity contribution is 8.01. The van der Waals surface area contributed by atoms with Crippen molar-refractivity contribution in [2.45, 2.75) is 30.4 Å². The first-order valence-corrected chi connectivity index (χ1v) is 12.3. The highest BCUT2D eigenvalue weighted by atomic mass is 32.2. The van der Waals surface area contributed by atoms with Crippen molar-refractivity contribution in [1.82, 2.24) is 20.2 Å². The molecule has 0 aliphatic carbocycles. The maximum atomic E-state index is 12.8. The maximum absolute atomic E-state index is 12.8.